The summed E-state index contributed by atoms with van der Waals surface area (Å²) in [5.41, 5.74) is -9.62. The molecule has 7 N–H and O–H groups in total. The van der Waals surface area contributed by atoms with Gasteiger partial charge < -0.3 is 45.2 Å². The predicted octanol–water partition coefficient (Wildman–Crippen LogP) is 2.36. The number of hydrogen-bond donors (Lipinski definition) is 7. The molecule has 266 valence electrons. The first-order valence-corrected chi connectivity index (χ1v) is 16.9. The number of benzene rings is 1. The lowest BCUT2D eigenvalue weighted by atomic mass is 9.53. The van der Waals surface area contributed by atoms with Crippen LogP contribution in [-0.4, -0.2) is 101 Å². The summed E-state index contributed by atoms with van der Waals surface area (Å²) in [6.45, 7) is 9.58. The first-order chi connectivity index (χ1) is 22.5. The van der Waals surface area contributed by atoms with Crippen LogP contribution in [0.2, 0.25) is 0 Å². The highest BCUT2D eigenvalue weighted by Crippen LogP contribution is 2.62. The summed E-state index contributed by atoms with van der Waals surface area (Å²) in [6.07, 6.45) is 1.61. The minimum Gasteiger partial charge on any atom is -0.459 e. The van der Waals surface area contributed by atoms with Gasteiger partial charge in [-0.25, -0.2) is 9.59 Å². The van der Waals surface area contributed by atoms with Crippen molar-refractivity contribution in [2.75, 3.05) is 6.61 Å². The van der Waals surface area contributed by atoms with Gasteiger partial charge in [0.2, 0.25) is 0 Å². The van der Waals surface area contributed by atoms with Crippen LogP contribution in [0.25, 0.3) is 0 Å². The largest absolute Gasteiger partial charge is 0.459 e. The molecule has 0 amide bonds. The number of esters is 2. The highest BCUT2D eigenvalue weighted by molar-refractivity contribution is 5.89. The summed E-state index contributed by atoms with van der Waals surface area (Å²) < 4.78 is 11.2. The smallest absolute Gasteiger partial charge is 0.338 e. The van der Waals surface area contributed by atoms with E-state index in [0.29, 0.717) is 0 Å². The van der Waals surface area contributed by atoms with E-state index in [9.17, 15) is 45.3 Å². The second kappa shape index (κ2) is 14.5. The van der Waals surface area contributed by atoms with Gasteiger partial charge in [0, 0.05) is 12.0 Å². The molecule has 3 aliphatic carbocycles. The van der Waals surface area contributed by atoms with Gasteiger partial charge >= 0.3 is 11.9 Å². The van der Waals surface area contributed by atoms with Crippen molar-refractivity contribution in [1.29, 1.82) is 0 Å². The second-order valence-corrected chi connectivity index (χ2v) is 14.2. The zero-order chi connectivity index (χ0) is 35.7. The molecule has 48 heavy (non-hydrogen) atoms. The van der Waals surface area contributed by atoms with Crippen molar-refractivity contribution in [2.45, 2.75) is 113 Å². The fraction of sp³-hybridized carbons (Fsp3) is 0.622. The fourth-order valence-electron chi connectivity index (χ4n) is 8.31. The molecule has 0 radical (unpaired) electrons. The molecular weight excluding hydrogens is 620 g/mol. The molecule has 12 atom stereocenters. The van der Waals surface area contributed by atoms with Gasteiger partial charge in [0.05, 0.1) is 29.3 Å². The molecule has 0 bridgehead atoms. The third-order valence-electron chi connectivity index (χ3n) is 11.1. The van der Waals surface area contributed by atoms with Gasteiger partial charge in [0.15, 0.2) is 5.60 Å². The highest BCUT2D eigenvalue weighted by Gasteiger charge is 2.78. The highest BCUT2D eigenvalue weighted by atomic mass is 16.6. The van der Waals surface area contributed by atoms with Gasteiger partial charge in [-0.1, -0.05) is 76.6 Å². The van der Waals surface area contributed by atoms with E-state index in [2.05, 4.69) is 13.5 Å². The summed E-state index contributed by atoms with van der Waals surface area (Å²) in [5.74, 6) is -6.70. The van der Waals surface area contributed by atoms with Crippen molar-refractivity contribution in [3.05, 3.63) is 72.4 Å². The molecule has 0 aliphatic heterocycles. The maximum atomic E-state index is 13.5. The summed E-state index contributed by atoms with van der Waals surface area (Å²) in [4.78, 5) is 26.2. The summed E-state index contributed by atoms with van der Waals surface area (Å²) >= 11 is 0. The number of ether oxygens (including phenoxy) is 2. The first-order valence-electron chi connectivity index (χ1n) is 16.9. The average Bonchev–Trinajstić information content (AvgIpc) is 3.28. The molecule has 0 spiro atoms. The Balaban J connectivity index is 1.80. The van der Waals surface area contributed by atoms with E-state index < -0.39 is 89.0 Å². The Morgan fingerprint density at radius 3 is 2.27 bits per heavy atom. The Bertz CT molecular complexity index is 1380. The second-order valence-electron chi connectivity index (χ2n) is 14.2. The van der Waals surface area contributed by atoms with Crippen LogP contribution in [0.5, 0.6) is 0 Å². The van der Waals surface area contributed by atoms with E-state index in [4.69, 9.17) is 9.47 Å². The Morgan fingerprint density at radius 1 is 0.979 bits per heavy atom. The molecule has 11 heteroatoms. The molecule has 0 unspecified atom stereocenters. The predicted molar refractivity (Wildman–Crippen MR) is 176 cm³/mol. The summed E-state index contributed by atoms with van der Waals surface area (Å²) in [6, 6.07) is 7.84. The molecule has 3 aliphatic rings. The van der Waals surface area contributed by atoms with Crippen LogP contribution >= 0.6 is 0 Å². The number of unbranched alkanes of at least 4 members (excludes halogenated alkanes) is 3. The molecule has 3 saturated carbocycles. The van der Waals surface area contributed by atoms with Crippen LogP contribution in [0.4, 0.5) is 0 Å². The zero-order valence-corrected chi connectivity index (χ0v) is 28.2. The molecule has 0 saturated heterocycles. The van der Waals surface area contributed by atoms with Gasteiger partial charge in [0.25, 0.3) is 0 Å². The Hall–Kier alpha value is -2.90. The minimum absolute atomic E-state index is 0.0627. The lowest BCUT2D eigenvalue weighted by Gasteiger charge is -2.58. The van der Waals surface area contributed by atoms with Gasteiger partial charge in [-0.3, -0.25) is 0 Å². The molecule has 1 aromatic rings. The summed E-state index contributed by atoms with van der Waals surface area (Å²) in [7, 11) is 0. The number of carbonyl (C=O) groups excluding carboxylic acids is 2. The van der Waals surface area contributed by atoms with Crippen LogP contribution in [0.15, 0.2) is 66.8 Å². The van der Waals surface area contributed by atoms with E-state index in [1.165, 1.54) is 25.1 Å². The van der Waals surface area contributed by atoms with Crippen LogP contribution < -0.4 is 0 Å². The number of carbonyl (C=O) groups is 2. The number of aliphatic hydroxyl groups excluding tert-OH is 3. The minimum atomic E-state index is -2.93. The number of allylic oxidation sites excluding steroid dienone is 3. The van der Waals surface area contributed by atoms with Gasteiger partial charge in [-0.2, -0.15) is 0 Å². The van der Waals surface area contributed by atoms with Gasteiger partial charge in [-0.05, 0) is 62.1 Å². The van der Waals surface area contributed by atoms with E-state index in [-0.39, 0.29) is 24.0 Å². The zero-order valence-electron chi connectivity index (χ0n) is 28.2. The Labute approximate surface area is 282 Å². The van der Waals surface area contributed by atoms with Crippen LogP contribution in [0.1, 0.15) is 76.6 Å². The van der Waals surface area contributed by atoms with E-state index in [0.717, 1.165) is 31.8 Å². The van der Waals surface area contributed by atoms with E-state index in [1.54, 1.807) is 38.1 Å². The lowest BCUT2D eigenvalue weighted by Crippen LogP contribution is -2.72. The van der Waals surface area contributed by atoms with Crippen molar-refractivity contribution in [1.82, 2.24) is 0 Å². The fourth-order valence-corrected chi connectivity index (χ4v) is 8.31. The Kier molecular flexibility index (Phi) is 11.5. The number of aliphatic hydroxyl groups is 7. The van der Waals surface area contributed by atoms with Crippen molar-refractivity contribution in [3.8, 4) is 0 Å². The van der Waals surface area contributed by atoms with Crippen molar-refractivity contribution >= 4 is 11.9 Å². The molecule has 11 nitrogen and oxygen atoms in total. The van der Waals surface area contributed by atoms with Crippen LogP contribution in [-0.2, 0) is 14.3 Å². The van der Waals surface area contributed by atoms with Crippen molar-refractivity contribution in [3.63, 3.8) is 0 Å². The first kappa shape index (κ1) is 37.9. The number of fused-ring (bicyclic) bond motifs is 3. The molecule has 0 aromatic heterocycles. The molecule has 1 aromatic carbocycles. The van der Waals surface area contributed by atoms with E-state index in [1.807, 2.05) is 6.08 Å². The number of hydrogen-bond acceptors (Lipinski definition) is 11. The average molecular weight is 673 g/mol. The maximum absolute atomic E-state index is 13.5. The molecule has 3 fully saturated rings. The standard InChI is InChI=1S/C37H52O11/c1-6-7-8-9-10-11-15-18-27(38)47-21-35(44)30(40)28-31(48-32(41)25-16-13-12-14-17-25)34(43,22(2)3)20-24(5)36(28,45)26-19-23(4)29(39)37(26,46)33(35)42/h10-18,23-24,26,28-31,33,39-40,42-46H,2,6-9,19-21H2,1,3-5H3/b11-10+,18-15+/t23-,24+,26-,28-,29-,30-,31+,33+,34+,35+,36-,37+/m0/s1. The summed E-state index contributed by atoms with van der Waals surface area (Å²) in [5, 5.41) is 84.6. The molecule has 4 rings (SSSR count). The lowest BCUT2D eigenvalue weighted by molar-refractivity contribution is -0.266. The SMILES string of the molecule is C=C(C)[C@]1(O)C[C@@H](C)[C@@]2(O)[C@H]([C@H]1OC(=O)c1ccccc1)[C@H](O)[C@](O)(COC(=O)/C=C/C=C/CCCCC)[C@@H](O)[C@@]1(O)[C@H]2C[C@H](C)[C@@H]1O. The topological polar surface area (TPSA) is 194 Å². The van der Waals surface area contributed by atoms with Gasteiger partial charge in [-0.15, -0.1) is 0 Å². The van der Waals surface area contributed by atoms with Crippen molar-refractivity contribution in [2.24, 2.45) is 23.7 Å². The molecule has 0 heterocycles. The van der Waals surface area contributed by atoms with Crippen molar-refractivity contribution < 1.29 is 54.8 Å². The molecular formula is C37H52O11. The third kappa shape index (κ3) is 6.42. The Morgan fingerprint density at radius 2 is 1.65 bits per heavy atom. The third-order valence-corrected chi connectivity index (χ3v) is 11.1. The normalized spacial score (nSPS) is 41.1. The maximum Gasteiger partial charge on any atom is 0.338 e. The number of rotatable bonds is 11. The van der Waals surface area contributed by atoms with E-state index >= 15 is 0 Å². The van der Waals surface area contributed by atoms with Gasteiger partial charge in [0.1, 0.15) is 30.0 Å². The quantitative estimate of drug-likeness (QED) is 0.0600. The van der Waals surface area contributed by atoms with Crippen LogP contribution in [0.3, 0.4) is 0 Å². The van der Waals surface area contributed by atoms with Crippen LogP contribution in [0, 0.1) is 23.7 Å². The monoisotopic (exact) mass is 672 g/mol.